The van der Waals surface area contributed by atoms with Crippen molar-refractivity contribution in [1.29, 1.82) is 0 Å². The van der Waals surface area contributed by atoms with E-state index in [0.717, 1.165) is 50.9 Å². The van der Waals surface area contributed by atoms with E-state index < -0.39 is 0 Å². The molecule has 0 amide bonds. The Morgan fingerprint density at radius 2 is 0.984 bits per heavy atom. The van der Waals surface area contributed by atoms with Crippen LogP contribution in [0.5, 0.6) is 0 Å². The molecule has 0 fully saturated rings. The van der Waals surface area contributed by atoms with E-state index in [9.17, 15) is 0 Å². The maximum absolute atomic E-state index is 5.26. The SMILES string of the molecule is C1=CC2=CC=C(c3nc(-c4ccc(-n5c6ccc7ccccc7c6c6c7ccccc7ccc65)cc4)nc(-c4ccc5c(c4)c4ccccc4n5-c4ccccc4)n3)CC2C=C1. The first-order valence-corrected chi connectivity index (χ1v) is 21.3. The second-order valence-electron chi connectivity index (χ2n) is 16.4. The summed E-state index contributed by atoms with van der Waals surface area (Å²) in [5.74, 6) is 2.31. The van der Waals surface area contributed by atoms with E-state index in [-0.39, 0.29) is 0 Å². The van der Waals surface area contributed by atoms with Crippen molar-refractivity contribution in [2.75, 3.05) is 0 Å². The predicted molar refractivity (Wildman–Crippen MR) is 257 cm³/mol. The van der Waals surface area contributed by atoms with Gasteiger partial charge in [0.2, 0.25) is 0 Å². The van der Waals surface area contributed by atoms with E-state index in [1.54, 1.807) is 0 Å². The number of hydrogen-bond acceptors (Lipinski definition) is 3. The maximum Gasteiger partial charge on any atom is 0.164 e. The van der Waals surface area contributed by atoms with E-state index in [1.807, 2.05) is 0 Å². The van der Waals surface area contributed by atoms with Crippen LogP contribution in [0.1, 0.15) is 12.2 Å². The molecule has 0 saturated heterocycles. The molecule has 5 heteroatoms. The van der Waals surface area contributed by atoms with E-state index in [1.165, 1.54) is 54.3 Å². The molecule has 3 heterocycles. The first-order valence-electron chi connectivity index (χ1n) is 21.3. The molecule has 11 aromatic rings. The van der Waals surface area contributed by atoms with Crippen LogP contribution in [0.15, 0.2) is 212 Å². The summed E-state index contributed by atoms with van der Waals surface area (Å²) >= 11 is 0. The first kappa shape index (κ1) is 34.7. The van der Waals surface area contributed by atoms with Gasteiger partial charge in [-0.05, 0) is 112 Å². The van der Waals surface area contributed by atoms with Crippen LogP contribution in [0.4, 0.5) is 0 Å². The highest BCUT2D eigenvalue weighted by molar-refractivity contribution is 6.28. The fourth-order valence-corrected chi connectivity index (χ4v) is 9.96. The number of aromatic nitrogens is 5. The Balaban J connectivity index is 0.979. The Morgan fingerprint density at radius 1 is 0.419 bits per heavy atom. The topological polar surface area (TPSA) is 48.5 Å². The lowest BCUT2D eigenvalue weighted by atomic mass is 9.84. The summed E-state index contributed by atoms with van der Waals surface area (Å²) in [5, 5.41) is 9.88. The molecule has 3 aromatic heterocycles. The Morgan fingerprint density at radius 3 is 1.73 bits per heavy atom. The lowest BCUT2D eigenvalue weighted by Gasteiger charge is -2.22. The third-order valence-electron chi connectivity index (χ3n) is 12.9. The van der Waals surface area contributed by atoms with Gasteiger partial charge in [-0.3, -0.25) is 0 Å². The zero-order chi connectivity index (χ0) is 40.7. The number of rotatable bonds is 5. The van der Waals surface area contributed by atoms with E-state index >= 15 is 0 Å². The molecule has 0 radical (unpaired) electrons. The predicted octanol–water partition coefficient (Wildman–Crippen LogP) is 14.2. The minimum atomic E-state index is 0.295. The Hall–Kier alpha value is -8.15. The largest absolute Gasteiger partial charge is 0.309 e. The highest BCUT2D eigenvalue weighted by Gasteiger charge is 2.23. The minimum absolute atomic E-state index is 0.295. The second kappa shape index (κ2) is 13.7. The molecule has 1 atom stereocenters. The summed E-state index contributed by atoms with van der Waals surface area (Å²) < 4.78 is 4.74. The highest BCUT2D eigenvalue weighted by atomic mass is 15.0. The molecule has 13 rings (SSSR count). The summed E-state index contributed by atoms with van der Waals surface area (Å²) in [4.78, 5) is 15.7. The zero-order valence-corrected chi connectivity index (χ0v) is 33.7. The van der Waals surface area contributed by atoms with Crippen molar-refractivity contribution in [3.8, 4) is 34.2 Å². The molecular weight excluding hydrogens is 755 g/mol. The van der Waals surface area contributed by atoms with Crippen molar-refractivity contribution in [3.63, 3.8) is 0 Å². The van der Waals surface area contributed by atoms with Gasteiger partial charge >= 0.3 is 0 Å². The van der Waals surface area contributed by atoms with Crippen LogP contribution in [0.25, 0.3) is 105 Å². The van der Waals surface area contributed by atoms with Crippen LogP contribution in [0, 0.1) is 5.92 Å². The van der Waals surface area contributed by atoms with Gasteiger partial charge in [0, 0.05) is 50.0 Å². The molecule has 0 N–H and O–H groups in total. The zero-order valence-electron chi connectivity index (χ0n) is 33.7. The van der Waals surface area contributed by atoms with Crippen molar-refractivity contribution < 1.29 is 0 Å². The number of benzene rings is 8. The van der Waals surface area contributed by atoms with Gasteiger partial charge in [0.15, 0.2) is 17.5 Å². The van der Waals surface area contributed by atoms with Crippen molar-refractivity contribution in [3.05, 3.63) is 218 Å². The van der Waals surface area contributed by atoms with Gasteiger partial charge < -0.3 is 9.13 Å². The van der Waals surface area contributed by atoms with Gasteiger partial charge in [-0.15, -0.1) is 0 Å². The number of nitrogens with zero attached hydrogens (tertiary/aromatic N) is 5. The maximum atomic E-state index is 5.26. The van der Waals surface area contributed by atoms with Crippen LogP contribution in [0.3, 0.4) is 0 Å². The molecule has 62 heavy (non-hydrogen) atoms. The van der Waals surface area contributed by atoms with E-state index in [4.69, 9.17) is 15.0 Å². The van der Waals surface area contributed by atoms with Gasteiger partial charge in [-0.1, -0.05) is 134 Å². The molecule has 0 spiro atoms. The van der Waals surface area contributed by atoms with E-state index in [0.29, 0.717) is 23.4 Å². The molecule has 2 aliphatic carbocycles. The van der Waals surface area contributed by atoms with Crippen LogP contribution in [-0.4, -0.2) is 24.1 Å². The van der Waals surface area contributed by atoms with Gasteiger partial charge in [-0.25, -0.2) is 15.0 Å². The summed E-state index contributed by atoms with van der Waals surface area (Å²) in [5.41, 5.74) is 11.2. The van der Waals surface area contributed by atoms with Crippen LogP contribution in [-0.2, 0) is 0 Å². The van der Waals surface area contributed by atoms with Gasteiger partial charge in [-0.2, -0.15) is 0 Å². The third-order valence-corrected chi connectivity index (χ3v) is 12.9. The number of para-hydroxylation sites is 2. The molecule has 1 unspecified atom stereocenters. The number of fused-ring (bicyclic) bond motifs is 11. The quantitative estimate of drug-likeness (QED) is 0.174. The smallest absolute Gasteiger partial charge is 0.164 e. The van der Waals surface area contributed by atoms with Crippen molar-refractivity contribution in [2.24, 2.45) is 5.92 Å². The Bertz CT molecular complexity index is 3670. The van der Waals surface area contributed by atoms with Crippen molar-refractivity contribution >= 4 is 70.7 Å². The summed E-state index contributed by atoms with van der Waals surface area (Å²) in [6.07, 6.45) is 14.0. The van der Waals surface area contributed by atoms with Crippen LogP contribution >= 0.6 is 0 Å². The monoisotopic (exact) mass is 791 g/mol. The molecule has 2 aliphatic rings. The average molecular weight is 792 g/mol. The van der Waals surface area contributed by atoms with Gasteiger partial charge in [0.05, 0.1) is 22.1 Å². The second-order valence-corrected chi connectivity index (χ2v) is 16.4. The average Bonchev–Trinajstić information content (AvgIpc) is 3.87. The standard InChI is InChI=1S/C57H37N5/c1-2-16-43(17-3-1)61-49-21-11-10-20-47(49)48-35-42(28-31-50(48)61)57-59-55(58-56(60-57)41-23-22-36-12-4-5-15-40(36)34-41)39-24-29-44(30-25-39)62-51-32-26-37-13-6-8-18-45(37)53(51)54-46-19-9-7-14-38(46)27-33-52(54)62/h1-33,35,40H,34H2. The molecule has 0 aliphatic heterocycles. The summed E-state index contributed by atoms with van der Waals surface area (Å²) in [6, 6.07) is 61.0. The minimum Gasteiger partial charge on any atom is -0.309 e. The summed E-state index contributed by atoms with van der Waals surface area (Å²) in [7, 11) is 0. The Labute approximate surface area is 357 Å². The lowest BCUT2D eigenvalue weighted by molar-refractivity contribution is 0.784. The van der Waals surface area contributed by atoms with Gasteiger partial charge in [0.25, 0.3) is 0 Å². The van der Waals surface area contributed by atoms with E-state index in [2.05, 4.69) is 215 Å². The van der Waals surface area contributed by atoms with Crippen LogP contribution in [0.2, 0.25) is 0 Å². The normalized spacial score (nSPS) is 14.9. The van der Waals surface area contributed by atoms with Gasteiger partial charge in [0.1, 0.15) is 0 Å². The number of hydrogen-bond donors (Lipinski definition) is 0. The lowest BCUT2D eigenvalue weighted by Crippen LogP contribution is -2.10. The fourth-order valence-electron chi connectivity index (χ4n) is 9.96. The third kappa shape index (κ3) is 5.38. The number of allylic oxidation sites excluding steroid dienone is 8. The van der Waals surface area contributed by atoms with Crippen LogP contribution < -0.4 is 0 Å². The summed E-state index contributed by atoms with van der Waals surface area (Å²) in [6.45, 7) is 0. The molecule has 290 valence electrons. The van der Waals surface area contributed by atoms with Crippen molar-refractivity contribution in [2.45, 2.75) is 6.42 Å². The first-order chi connectivity index (χ1) is 30.7. The molecule has 8 aromatic carbocycles. The molecule has 0 saturated carbocycles. The Kier molecular flexibility index (Phi) is 7.66. The highest BCUT2D eigenvalue weighted by Crippen LogP contribution is 2.41. The molecule has 5 nitrogen and oxygen atoms in total. The van der Waals surface area contributed by atoms with Crippen molar-refractivity contribution in [1.82, 2.24) is 24.1 Å². The molecule has 0 bridgehead atoms. The fraction of sp³-hybridized carbons (Fsp3) is 0.0351. The molecular formula is C57H37N5.